The van der Waals surface area contributed by atoms with Crippen molar-refractivity contribution in [3.05, 3.63) is 42.0 Å². The third-order valence-corrected chi connectivity index (χ3v) is 14.4. The van der Waals surface area contributed by atoms with Gasteiger partial charge in [0.05, 0.1) is 30.7 Å². The van der Waals surface area contributed by atoms with E-state index in [1.54, 1.807) is 24.3 Å². The number of aromatic hydroxyl groups is 1. The number of carboxylic acids is 1. The molecule has 56 heavy (non-hydrogen) atoms. The van der Waals surface area contributed by atoms with Crippen molar-refractivity contribution in [1.29, 1.82) is 0 Å². The summed E-state index contributed by atoms with van der Waals surface area (Å²) >= 11 is 0. The molecular weight excluding hydrogens is 718 g/mol. The summed E-state index contributed by atoms with van der Waals surface area (Å²) in [5, 5.41) is 34.4. The predicted molar refractivity (Wildman–Crippen MR) is 206 cm³/mol. The van der Waals surface area contributed by atoms with Gasteiger partial charge in [-0.1, -0.05) is 53.3 Å². The number of aliphatic hydroxyl groups is 1. The lowest BCUT2D eigenvalue weighted by Crippen LogP contribution is -2.60. The summed E-state index contributed by atoms with van der Waals surface area (Å²) in [6, 6.07) is 6.75. The molecule has 4 N–H and O–H groups in total. The molecule has 5 aliphatic rings. The molecule has 1 spiro atoms. The maximum Gasteiger partial charge on any atom is 0.306 e. The van der Waals surface area contributed by atoms with Crippen LogP contribution >= 0.6 is 0 Å². The zero-order valence-electron chi connectivity index (χ0n) is 33.7. The number of nitrogens with one attached hydrogen (secondary N) is 1. The van der Waals surface area contributed by atoms with Gasteiger partial charge < -0.3 is 39.6 Å². The van der Waals surface area contributed by atoms with Crippen molar-refractivity contribution in [3.63, 3.8) is 0 Å². The summed E-state index contributed by atoms with van der Waals surface area (Å²) in [7, 11) is 0. The number of ether oxygens (including phenoxy) is 4. The molecule has 12 unspecified atom stereocenters. The summed E-state index contributed by atoms with van der Waals surface area (Å²) in [5.74, 6) is -2.51. The van der Waals surface area contributed by atoms with Crippen molar-refractivity contribution in [1.82, 2.24) is 5.32 Å². The molecule has 12 heteroatoms. The molecule has 6 rings (SSSR count). The molecule has 1 amide bonds. The number of carbonyl (C=O) groups excluding carboxylic acids is 3. The van der Waals surface area contributed by atoms with Crippen LogP contribution in [0, 0.1) is 52.3 Å². The molecule has 310 valence electrons. The van der Waals surface area contributed by atoms with E-state index in [2.05, 4.69) is 18.8 Å². The minimum absolute atomic E-state index is 0.0359. The molecule has 1 aromatic rings. The number of amides is 1. The van der Waals surface area contributed by atoms with Crippen molar-refractivity contribution in [2.45, 2.75) is 136 Å². The largest absolute Gasteiger partial charge is 0.508 e. The topological polar surface area (TPSA) is 178 Å². The smallest absolute Gasteiger partial charge is 0.306 e. The van der Waals surface area contributed by atoms with Gasteiger partial charge in [0, 0.05) is 30.7 Å². The number of fused-ring (bicyclic) bond motifs is 3. The Morgan fingerprint density at radius 2 is 1.75 bits per heavy atom. The van der Waals surface area contributed by atoms with Crippen molar-refractivity contribution in [3.8, 4) is 5.75 Å². The number of benzene rings is 1. The van der Waals surface area contributed by atoms with Crippen LogP contribution in [0.2, 0.25) is 0 Å². The highest BCUT2D eigenvalue weighted by Gasteiger charge is 2.67. The summed E-state index contributed by atoms with van der Waals surface area (Å²) in [6.45, 7) is 14.6. The lowest BCUT2D eigenvalue weighted by atomic mass is 9.43. The van der Waals surface area contributed by atoms with Gasteiger partial charge in [0.15, 0.2) is 12.4 Å². The Labute approximate surface area is 331 Å². The zero-order chi connectivity index (χ0) is 40.5. The molecule has 1 aliphatic heterocycles. The Bertz CT molecular complexity index is 1610. The van der Waals surface area contributed by atoms with Crippen LogP contribution in [-0.2, 0) is 44.5 Å². The maximum absolute atomic E-state index is 13.1. The van der Waals surface area contributed by atoms with E-state index < -0.39 is 54.0 Å². The maximum atomic E-state index is 13.1. The van der Waals surface area contributed by atoms with Crippen molar-refractivity contribution >= 4 is 23.8 Å². The average molecular weight is 782 g/mol. The van der Waals surface area contributed by atoms with Gasteiger partial charge in [0.2, 0.25) is 5.91 Å². The molecule has 1 aromatic carbocycles. The molecule has 0 radical (unpaired) electrons. The number of hydrogen-bond donors (Lipinski definition) is 4. The van der Waals surface area contributed by atoms with Gasteiger partial charge in [0.1, 0.15) is 12.4 Å². The molecule has 4 saturated carbocycles. The zero-order valence-corrected chi connectivity index (χ0v) is 33.7. The number of carbonyl (C=O) groups is 4. The minimum Gasteiger partial charge on any atom is -0.508 e. The first kappa shape index (κ1) is 42.1. The van der Waals surface area contributed by atoms with Crippen LogP contribution in [0.3, 0.4) is 0 Å². The van der Waals surface area contributed by atoms with Gasteiger partial charge in [-0.15, -0.1) is 0 Å². The molecule has 0 aromatic heterocycles. The lowest BCUT2D eigenvalue weighted by molar-refractivity contribution is -0.303. The van der Waals surface area contributed by atoms with Gasteiger partial charge in [0.25, 0.3) is 0 Å². The number of aliphatic carboxylic acids is 1. The van der Waals surface area contributed by atoms with E-state index in [4.69, 9.17) is 18.9 Å². The van der Waals surface area contributed by atoms with Gasteiger partial charge >= 0.3 is 17.9 Å². The van der Waals surface area contributed by atoms with Crippen LogP contribution in [0.5, 0.6) is 5.75 Å². The van der Waals surface area contributed by atoms with Crippen molar-refractivity contribution in [2.75, 3.05) is 13.2 Å². The highest BCUT2D eigenvalue weighted by atomic mass is 16.7. The van der Waals surface area contributed by atoms with E-state index in [1.807, 2.05) is 27.7 Å². The van der Waals surface area contributed by atoms with Gasteiger partial charge in [-0.05, 0) is 110 Å². The Hall–Kier alpha value is -3.48. The number of phenolic OH excluding ortho intramolecular Hbond substituents is 1. The van der Waals surface area contributed by atoms with Crippen LogP contribution in [-0.4, -0.2) is 83.0 Å². The molecule has 13 atom stereocenters. The average Bonchev–Trinajstić information content (AvgIpc) is 3.31. The molecule has 1 heterocycles. The SMILES string of the molecule is C=C1C2CCC3C4(C)CC(OC5OC(COC(=O)CCC(=O)NCCc6ccc(O)cc6)C(C)[C@@H](C)C5OC(=O)CC(C)C)CC(C(=O)O)C4CCC3(C2)C1O. The first-order valence-corrected chi connectivity index (χ1v) is 20.8. The van der Waals surface area contributed by atoms with E-state index in [0.29, 0.717) is 31.7 Å². The summed E-state index contributed by atoms with van der Waals surface area (Å²) in [5.41, 5.74) is 1.17. The standard InChI is InChI=1S/C44H63NO11/c1-24(2)19-38(49)56-39-26(4)25(3)34(23-53-37(48)14-13-36(47)45-18-16-28-7-10-30(46)11-8-28)55-42(39)54-31-20-32(41(51)52)33-15-17-44-21-29(27(5)40(44)50)9-12-35(44)43(33,6)22-31/h7-8,10-11,24-26,29,31-35,39-40,42,46,50H,5,9,12-23H2,1-4,6H3,(H,45,47)(H,51,52)/t25?,26-,29?,31?,32?,33?,34?,35?,39?,40?,42?,43?,44?/m1/s1. The quantitative estimate of drug-likeness (QED) is 0.0995. The highest BCUT2D eigenvalue weighted by Crippen LogP contribution is 2.70. The fraction of sp³-hybridized carbons (Fsp3) is 0.727. The first-order chi connectivity index (χ1) is 26.5. The Balaban J connectivity index is 1.12. The van der Waals surface area contributed by atoms with Crippen LogP contribution in [0.4, 0.5) is 0 Å². The predicted octanol–water partition coefficient (Wildman–Crippen LogP) is 5.96. The van der Waals surface area contributed by atoms with Crippen LogP contribution < -0.4 is 5.32 Å². The third kappa shape index (κ3) is 8.67. The number of carboxylic acid groups (broad SMARTS) is 1. The van der Waals surface area contributed by atoms with Crippen molar-refractivity contribution in [2.24, 2.45) is 52.3 Å². The third-order valence-electron chi connectivity index (χ3n) is 14.4. The number of aliphatic hydroxyl groups excluding tert-OH is 1. The van der Waals surface area contributed by atoms with Gasteiger partial charge in [-0.2, -0.15) is 0 Å². The van der Waals surface area contributed by atoms with E-state index >= 15 is 0 Å². The summed E-state index contributed by atoms with van der Waals surface area (Å²) < 4.78 is 25.1. The first-order valence-electron chi connectivity index (χ1n) is 20.8. The second-order valence-corrected chi connectivity index (χ2v) is 18.3. The van der Waals surface area contributed by atoms with Crippen LogP contribution in [0.25, 0.3) is 0 Å². The monoisotopic (exact) mass is 781 g/mol. The fourth-order valence-corrected chi connectivity index (χ4v) is 11.3. The lowest BCUT2D eigenvalue weighted by Gasteiger charge is -2.62. The number of hydrogen-bond acceptors (Lipinski definition) is 10. The second-order valence-electron chi connectivity index (χ2n) is 18.3. The Kier molecular flexibility index (Phi) is 12.9. The molecule has 1 saturated heterocycles. The number of esters is 2. The molecule has 5 fully saturated rings. The fourth-order valence-electron chi connectivity index (χ4n) is 11.3. The molecule has 4 aliphatic carbocycles. The Morgan fingerprint density at radius 3 is 2.45 bits per heavy atom. The van der Waals surface area contributed by atoms with E-state index in [1.165, 1.54) is 0 Å². The van der Waals surface area contributed by atoms with Gasteiger partial charge in [-0.25, -0.2) is 0 Å². The highest BCUT2D eigenvalue weighted by molar-refractivity contribution is 5.81. The van der Waals surface area contributed by atoms with Gasteiger partial charge in [-0.3, -0.25) is 19.2 Å². The van der Waals surface area contributed by atoms with E-state index in [9.17, 15) is 34.5 Å². The minimum atomic E-state index is -1.02. The summed E-state index contributed by atoms with van der Waals surface area (Å²) in [6.07, 6.45) is 2.30. The Morgan fingerprint density at radius 1 is 1.02 bits per heavy atom. The van der Waals surface area contributed by atoms with Crippen molar-refractivity contribution < 1.29 is 53.4 Å². The normalized spacial score (nSPS) is 37.6. The second kappa shape index (κ2) is 17.2. The van der Waals surface area contributed by atoms with Crippen LogP contribution in [0.1, 0.15) is 104 Å². The van der Waals surface area contributed by atoms with E-state index in [-0.39, 0.29) is 78.5 Å². The number of rotatable bonds is 14. The molecule has 2 bridgehead atoms. The number of phenols is 1. The van der Waals surface area contributed by atoms with Crippen LogP contribution in [0.15, 0.2) is 36.4 Å². The molecular formula is C44H63NO11. The molecule has 12 nitrogen and oxygen atoms in total. The summed E-state index contributed by atoms with van der Waals surface area (Å²) in [4.78, 5) is 51.3. The van der Waals surface area contributed by atoms with E-state index in [0.717, 1.165) is 43.2 Å².